The molecule has 1 aliphatic carbocycles. The lowest BCUT2D eigenvalue weighted by atomic mass is 9.92. The molecule has 10 nitrogen and oxygen atoms in total. The van der Waals surface area contributed by atoms with Crippen molar-refractivity contribution < 1.29 is 31.5 Å². The Kier molecular flexibility index (Phi) is 6.31. The van der Waals surface area contributed by atoms with E-state index in [-0.39, 0.29) is 24.9 Å². The predicted molar refractivity (Wildman–Crippen MR) is 119 cm³/mol. The molecule has 2 aliphatic rings. The number of hydrogen-bond acceptors (Lipinski definition) is 8. The van der Waals surface area contributed by atoms with Crippen molar-refractivity contribution >= 4 is 22.9 Å². The van der Waals surface area contributed by atoms with Gasteiger partial charge in [0, 0.05) is 42.7 Å². The zero-order chi connectivity index (χ0) is 26.4. The average molecular weight is 526 g/mol. The molecule has 2 atom stereocenters. The summed E-state index contributed by atoms with van der Waals surface area (Å²) in [4.78, 5) is 30.5. The lowest BCUT2D eigenvalue weighted by Gasteiger charge is -2.31. The second kappa shape index (κ2) is 9.34. The van der Waals surface area contributed by atoms with E-state index in [2.05, 4.69) is 30.1 Å². The molecule has 5 rings (SSSR count). The number of ether oxygens (including phenoxy) is 1. The summed E-state index contributed by atoms with van der Waals surface area (Å²) in [6, 6.07) is 1.21. The highest BCUT2D eigenvalue weighted by Gasteiger charge is 2.57. The number of aromatic amines is 1. The highest BCUT2D eigenvalue weighted by Crippen LogP contribution is 2.48. The molecule has 0 aromatic carbocycles. The van der Waals surface area contributed by atoms with Crippen LogP contribution in [0.5, 0.6) is 6.01 Å². The molecule has 37 heavy (non-hydrogen) atoms. The summed E-state index contributed by atoms with van der Waals surface area (Å²) >= 11 is 0. The average Bonchev–Trinajstić information content (AvgIpc) is 3.27. The zero-order valence-electron chi connectivity index (χ0n) is 19.6. The number of hydrogen-bond donors (Lipinski definition) is 2. The van der Waals surface area contributed by atoms with Gasteiger partial charge in [0.1, 0.15) is 12.6 Å². The SMILES string of the molecule is C[C@H](NC(=O)c1nc(OC[C@@H]2CC2(F)F)nc(N2CCC(c3[nH]nc4ncccc34)CC2)n1)C(F)(F)F. The van der Waals surface area contributed by atoms with Crippen LogP contribution < -0.4 is 15.0 Å². The maximum absolute atomic E-state index is 13.3. The summed E-state index contributed by atoms with van der Waals surface area (Å²) in [5.74, 6) is -5.47. The summed E-state index contributed by atoms with van der Waals surface area (Å²) in [5, 5.41) is 9.99. The van der Waals surface area contributed by atoms with E-state index in [9.17, 15) is 26.7 Å². The van der Waals surface area contributed by atoms with Crippen molar-refractivity contribution in [3.63, 3.8) is 0 Å². The smallest absolute Gasteiger partial charge is 0.408 e. The van der Waals surface area contributed by atoms with Crippen LogP contribution >= 0.6 is 0 Å². The van der Waals surface area contributed by atoms with Crippen LogP contribution in [0.4, 0.5) is 27.9 Å². The van der Waals surface area contributed by atoms with Crippen LogP contribution in [0.15, 0.2) is 18.3 Å². The molecule has 0 bridgehead atoms. The second-order valence-corrected chi connectivity index (χ2v) is 9.22. The summed E-state index contributed by atoms with van der Waals surface area (Å²) in [6.45, 7) is 1.30. The second-order valence-electron chi connectivity index (χ2n) is 9.22. The number of carbonyl (C=O) groups excluding carboxylic acids is 1. The molecular weight excluding hydrogens is 503 g/mol. The Bertz CT molecular complexity index is 1290. The molecule has 0 radical (unpaired) electrons. The molecule has 0 unspecified atom stereocenters. The Balaban J connectivity index is 1.33. The lowest BCUT2D eigenvalue weighted by molar-refractivity contribution is -0.149. The highest BCUT2D eigenvalue weighted by atomic mass is 19.4. The van der Waals surface area contributed by atoms with Crippen molar-refractivity contribution in [1.29, 1.82) is 0 Å². The van der Waals surface area contributed by atoms with Crippen molar-refractivity contribution in [3.05, 3.63) is 29.8 Å². The topological polar surface area (TPSA) is 122 Å². The minimum Gasteiger partial charge on any atom is -0.463 e. The van der Waals surface area contributed by atoms with Crippen LogP contribution in [-0.4, -0.2) is 73.9 Å². The van der Waals surface area contributed by atoms with Gasteiger partial charge in [0.05, 0.1) is 5.92 Å². The van der Waals surface area contributed by atoms with Gasteiger partial charge in [-0.05, 0) is 31.9 Å². The third kappa shape index (κ3) is 5.39. The molecule has 0 spiro atoms. The zero-order valence-corrected chi connectivity index (χ0v) is 19.6. The summed E-state index contributed by atoms with van der Waals surface area (Å²) < 4.78 is 70.6. The van der Waals surface area contributed by atoms with Crippen LogP contribution in [0.3, 0.4) is 0 Å². The molecule has 1 aliphatic heterocycles. The molecule has 2 N–H and O–H groups in total. The first kappa shape index (κ1) is 25.0. The van der Waals surface area contributed by atoms with E-state index < -0.39 is 41.8 Å². The fourth-order valence-corrected chi connectivity index (χ4v) is 4.17. The molecule has 198 valence electrons. The first-order chi connectivity index (χ1) is 17.5. The number of pyridine rings is 1. The molecule has 4 heterocycles. The van der Waals surface area contributed by atoms with Gasteiger partial charge in [-0.25, -0.2) is 13.8 Å². The van der Waals surface area contributed by atoms with E-state index in [0.717, 1.165) is 18.0 Å². The maximum atomic E-state index is 13.3. The molecular formula is C22H23F5N8O2. The van der Waals surface area contributed by atoms with E-state index in [0.29, 0.717) is 31.6 Å². The van der Waals surface area contributed by atoms with E-state index in [1.165, 1.54) is 0 Å². The minimum atomic E-state index is -4.67. The summed E-state index contributed by atoms with van der Waals surface area (Å²) in [7, 11) is 0. The number of H-pyrrole nitrogens is 1. The van der Waals surface area contributed by atoms with Crippen molar-refractivity contribution in [2.24, 2.45) is 5.92 Å². The normalized spacial score (nSPS) is 20.6. The fourth-order valence-electron chi connectivity index (χ4n) is 4.17. The van der Waals surface area contributed by atoms with Gasteiger partial charge in [-0.2, -0.15) is 33.2 Å². The number of halogens is 5. The van der Waals surface area contributed by atoms with Gasteiger partial charge in [0.2, 0.25) is 11.8 Å². The van der Waals surface area contributed by atoms with Gasteiger partial charge < -0.3 is 15.0 Å². The Labute approximate surface area is 207 Å². The van der Waals surface area contributed by atoms with Gasteiger partial charge >= 0.3 is 12.2 Å². The van der Waals surface area contributed by atoms with E-state index in [4.69, 9.17) is 4.74 Å². The molecule has 1 saturated heterocycles. The Hall–Kier alpha value is -3.65. The third-order valence-electron chi connectivity index (χ3n) is 6.56. The van der Waals surface area contributed by atoms with Gasteiger partial charge in [0.15, 0.2) is 5.65 Å². The Morgan fingerprint density at radius 3 is 2.68 bits per heavy atom. The standard InChI is InChI=1S/C22H23F5N8O2/c1-11(22(25,26)27)29-18(36)17-30-19(32-20(31-17)37-10-13-9-21(13,23)24)35-7-4-12(5-8-35)15-14-3-2-6-28-16(14)34-33-15/h2-3,6,11-13H,4-5,7-10H2,1H3,(H,29,36)(H,28,33,34)/t11-,13-/m0/s1. The van der Waals surface area contributed by atoms with Crippen LogP contribution in [0, 0.1) is 5.92 Å². The van der Waals surface area contributed by atoms with Gasteiger partial charge in [0.25, 0.3) is 11.8 Å². The van der Waals surface area contributed by atoms with E-state index in [1.54, 1.807) is 16.4 Å². The molecule has 3 aromatic heterocycles. The lowest BCUT2D eigenvalue weighted by Crippen LogP contribution is -2.44. The quantitative estimate of drug-likeness (QED) is 0.450. The first-order valence-electron chi connectivity index (χ1n) is 11.7. The number of nitrogens with one attached hydrogen (secondary N) is 2. The first-order valence-corrected chi connectivity index (χ1v) is 11.7. The van der Waals surface area contributed by atoms with Gasteiger partial charge in [-0.15, -0.1) is 0 Å². The number of anilines is 1. The van der Waals surface area contributed by atoms with Crippen molar-refractivity contribution in [2.75, 3.05) is 24.6 Å². The minimum absolute atomic E-state index is 0.0203. The maximum Gasteiger partial charge on any atom is 0.408 e. The van der Waals surface area contributed by atoms with Crippen LogP contribution in [0.25, 0.3) is 11.0 Å². The number of aromatic nitrogens is 6. The van der Waals surface area contributed by atoms with E-state index in [1.807, 2.05) is 12.1 Å². The third-order valence-corrected chi connectivity index (χ3v) is 6.56. The highest BCUT2D eigenvalue weighted by molar-refractivity contribution is 5.91. The number of alkyl halides is 5. The van der Waals surface area contributed by atoms with Crippen LogP contribution in [0.2, 0.25) is 0 Å². The number of nitrogens with zero attached hydrogens (tertiary/aromatic N) is 6. The number of fused-ring (bicyclic) bond motifs is 1. The largest absolute Gasteiger partial charge is 0.463 e. The number of amides is 1. The van der Waals surface area contributed by atoms with Crippen LogP contribution in [0.1, 0.15) is 48.4 Å². The predicted octanol–water partition coefficient (Wildman–Crippen LogP) is 3.24. The van der Waals surface area contributed by atoms with Crippen molar-refractivity contribution in [2.45, 2.75) is 50.2 Å². The Morgan fingerprint density at radius 2 is 2.00 bits per heavy atom. The summed E-state index contributed by atoms with van der Waals surface area (Å²) in [6.07, 6.45) is -2.03. The number of carbonyl (C=O) groups is 1. The summed E-state index contributed by atoms with van der Waals surface area (Å²) in [5.41, 5.74) is 1.57. The van der Waals surface area contributed by atoms with Gasteiger partial charge in [-0.1, -0.05) is 0 Å². The number of rotatable bonds is 7. The van der Waals surface area contributed by atoms with Crippen molar-refractivity contribution in [3.8, 4) is 6.01 Å². The van der Waals surface area contributed by atoms with Crippen molar-refractivity contribution in [1.82, 2.24) is 35.5 Å². The van der Waals surface area contributed by atoms with E-state index >= 15 is 0 Å². The molecule has 3 aromatic rings. The number of piperidine rings is 1. The molecule has 1 saturated carbocycles. The van der Waals surface area contributed by atoms with Crippen LogP contribution in [-0.2, 0) is 0 Å². The molecule has 15 heteroatoms. The van der Waals surface area contributed by atoms with Gasteiger partial charge in [-0.3, -0.25) is 9.89 Å². The molecule has 2 fully saturated rings. The molecule has 1 amide bonds. The fraction of sp³-hybridized carbons (Fsp3) is 0.545. The Morgan fingerprint density at radius 1 is 1.27 bits per heavy atom. The monoisotopic (exact) mass is 526 g/mol.